The van der Waals surface area contributed by atoms with Crippen LogP contribution in [0.25, 0.3) is 0 Å². The summed E-state index contributed by atoms with van der Waals surface area (Å²) in [7, 11) is 1.64. The van der Waals surface area contributed by atoms with Crippen molar-refractivity contribution in [3.63, 3.8) is 0 Å². The van der Waals surface area contributed by atoms with Crippen LogP contribution < -0.4 is 4.74 Å². The van der Waals surface area contributed by atoms with Crippen LogP contribution in [-0.2, 0) is 9.47 Å². The van der Waals surface area contributed by atoms with Crippen LogP contribution in [0.4, 0.5) is 0 Å². The Bertz CT molecular complexity index is 531. The lowest BCUT2D eigenvalue weighted by atomic mass is 10.1. The highest BCUT2D eigenvalue weighted by atomic mass is 32.2. The second kappa shape index (κ2) is 7.85. The average molecular weight is 325 g/mol. The fourth-order valence-electron chi connectivity index (χ4n) is 1.97. The molecule has 1 N–H and O–H groups in total. The summed E-state index contributed by atoms with van der Waals surface area (Å²) >= 11 is 1.67. The Hall–Kier alpha value is -1.24. The number of hydrogen-bond acceptors (Lipinski definition) is 6. The Balaban J connectivity index is 1.88. The van der Waals surface area contributed by atoms with Gasteiger partial charge in [0.1, 0.15) is 23.1 Å². The summed E-state index contributed by atoms with van der Waals surface area (Å²) in [5.74, 6) is 1.75. The van der Waals surface area contributed by atoms with Crippen LogP contribution in [0, 0.1) is 0 Å². The zero-order valence-corrected chi connectivity index (χ0v) is 14.1. The third kappa shape index (κ3) is 4.90. The molecule has 2 rings (SSSR count). The molecule has 0 aromatic heterocycles. The molecule has 0 atom stereocenters. The van der Waals surface area contributed by atoms with Crippen molar-refractivity contribution in [2.24, 2.45) is 4.99 Å². The lowest BCUT2D eigenvalue weighted by molar-refractivity contribution is 0.0544. The number of phenols is 1. The van der Waals surface area contributed by atoms with Gasteiger partial charge in [0.2, 0.25) is 0 Å². The van der Waals surface area contributed by atoms with E-state index >= 15 is 0 Å². The molecule has 0 radical (unpaired) electrons. The molecule has 0 fully saturated rings. The van der Waals surface area contributed by atoms with Crippen molar-refractivity contribution in [1.29, 1.82) is 0 Å². The van der Waals surface area contributed by atoms with Crippen molar-refractivity contribution in [3.05, 3.63) is 23.8 Å². The summed E-state index contributed by atoms with van der Waals surface area (Å²) < 4.78 is 15.8. The molecular weight excluding hydrogens is 302 g/mol. The summed E-state index contributed by atoms with van der Waals surface area (Å²) in [4.78, 5) is 4.63. The van der Waals surface area contributed by atoms with Crippen molar-refractivity contribution in [2.75, 3.05) is 39.3 Å². The van der Waals surface area contributed by atoms with E-state index in [-0.39, 0.29) is 11.3 Å². The Kier molecular flexibility index (Phi) is 6.11. The third-order valence-electron chi connectivity index (χ3n) is 3.09. The van der Waals surface area contributed by atoms with E-state index in [1.54, 1.807) is 24.9 Å². The van der Waals surface area contributed by atoms with Gasteiger partial charge in [-0.3, -0.25) is 4.99 Å². The first-order chi connectivity index (χ1) is 10.5. The maximum absolute atomic E-state index is 10.2. The molecule has 0 saturated carbocycles. The predicted octanol–water partition coefficient (Wildman–Crippen LogP) is 2.71. The van der Waals surface area contributed by atoms with Crippen LogP contribution in [0.5, 0.6) is 11.5 Å². The lowest BCUT2D eigenvalue weighted by Gasteiger charge is -2.10. The topological polar surface area (TPSA) is 60.3 Å². The highest BCUT2D eigenvalue weighted by Gasteiger charge is 2.27. The van der Waals surface area contributed by atoms with Gasteiger partial charge in [-0.2, -0.15) is 0 Å². The van der Waals surface area contributed by atoms with Gasteiger partial charge in [0.05, 0.1) is 25.4 Å². The highest BCUT2D eigenvalue weighted by Crippen LogP contribution is 2.34. The highest BCUT2D eigenvalue weighted by molar-refractivity contribution is 8.14. The standard InChI is InChI=1S/C16H23NO4S/c1-16(2)11-22-15(17-16)13-5-4-12(10-14(13)18)21-9-8-20-7-6-19-3/h4-5,10,18H,6-9,11H2,1-3H3. The minimum atomic E-state index is -0.0683. The number of aliphatic imine (C=N–C) groups is 1. The Morgan fingerprint density at radius 3 is 2.64 bits per heavy atom. The van der Waals surface area contributed by atoms with Crippen molar-refractivity contribution in [2.45, 2.75) is 19.4 Å². The predicted molar refractivity (Wildman–Crippen MR) is 89.4 cm³/mol. The molecule has 1 aliphatic rings. The third-order valence-corrected chi connectivity index (χ3v) is 4.53. The number of rotatable bonds is 8. The molecule has 0 spiro atoms. The molecule has 1 heterocycles. The normalized spacial score (nSPS) is 16.6. The van der Waals surface area contributed by atoms with Crippen molar-refractivity contribution in [3.8, 4) is 11.5 Å². The van der Waals surface area contributed by atoms with Crippen molar-refractivity contribution < 1.29 is 19.3 Å². The fraction of sp³-hybridized carbons (Fsp3) is 0.562. The summed E-state index contributed by atoms with van der Waals surface area (Å²) in [6, 6.07) is 5.32. The molecule has 0 amide bonds. The van der Waals surface area contributed by atoms with Gasteiger partial charge in [0, 0.05) is 24.5 Å². The molecule has 1 aromatic rings. The number of benzene rings is 1. The molecule has 22 heavy (non-hydrogen) atoms. The molecule has 0 bridgehead atoms. The maximum atomic E-state index is 10.2. The number of thioether (sulfide) groups is 1. The van der Waals surface area contributed by atoms with Gasteiger partial charge in [-0.1, -0.05) is 0 Å². The van der Waals surface area contributed by atoms with Crippen LogP contribution in [-0.4, -0.2) is 55.0 Å². The number of phenolic OH excluding ortho intramolecular Hbond substituents is 1. The molecule has 6 heteroatoms. The number of ether oxygens (including phenoxy) is 3. The molecular formula is C16H23NO4S. The molecule has 0 saturated heterocycles. The van der Waals surface area contributed by atoms with Crippen LogP contribution in [0.15, 0.2) is 23.2 Å². The van der Waals surface area contributed by atoms with E-state index in [9.17, 15) is 5.11 Å². The molecule has 0 aliphatic carbocycles. The van der Waals surface area contributed by atoms with Gasteiger partial charge < -0.3 is 19.3 Å². The number of aromatic hydroxyl groups is 1. The van der Waals surface area contributed by atoms with Gasteiger partial charge in [0.25, 0.3) is 0 Å². The van der Waals surface area contributed by atoms with Gasteiger partial charge in [0.15, 0.2) is 0 Å². The summed E-state index contributed by atoms with van der Waals surface area (Å²) in [5.41, 5.74) is 0.695. The van der Waals surface area contributed by atoms with Crippen LogP contribution in [0.3, 0.4) is 0 Å². The zero-order chi connectivity index (χ0) is 16.0. The lowest BCUT2D eigenvalue weighted by Crippen LogP contribution is -2.15. The van der Waals surface area contributed by atoms with E-state index < -0.39 is 0 Å². The van der Waals surface area contributed by atoms with Crippen LogP contribution in [0.2, 0.25) is 0 Å². The quantitative estimate of drug-likeness (QED) is 0.745. The van der Waals surface area contributed by atoms with E-state index in [0.29, 0.717) is 32.2 Å². The SMILES string of the molecule is COCCOCCOc1ccc(C2=NC(C)(C)CS2)c(O)c1. The van der Waals surface area contributed by atoms with Gasteiger partial charge >= 0.3 is 0 Å². The number of nitrogens with zero attached hydrogens (tertiary/aromatic N) is 1. The van der Waals surface area contributed by atoms with E-state index in [1.165, 1.54) is 0 Å². The summed E-state index contributed by atoms with van der Waals surface area (Å²) in [6.45, 7) is 6.23. The van der Waals surface area contributed by atoms with E-state index in [0.717, 1.165) is 16.4 Å². The van der Waals surface area contributed by atoms with E-state index in [4.69, 9.17) is 14.2 Å². The van der Waals surface area contributed by atoms with E-state index in [1.807, 2.05) is 12.1 Å². The minimum Gasteiger partial charge on any atom is -0.507 e. The van der Waals surface area contributed by atoms with Crippen molar-refractivity contribution >= 4 is 16.8 Å². The Morgan fingerprint density at radius 1 is 1.23 bits per heavy atom. The second-order valence-electron chi connectivity index (χ2n) is 5.65. The first-order valence-corrected chi connectivity index (χ1v) is 8.26. The summed E-state index contributed by atoms with van der Waals surface area (Å²) in [6.07, 6.45) is 0. The Labute approximate surface area is 135 Å². The molecule has 1 aliphatic heterocycles. The monoisotopic (exact) mass is 325 g/mol. The summed E-state index contributed by atoms with van der Waals surface area (Å²) in [5, 5.41) is 11.1. The zero-order valence-electron chi connectivity index (χ0n) is 13.3. The average Bonchev–Trinajstić information content (AvgIpc) is 2.83. The Morgan fingerprint density at radius 2 is 2.00 bits per heavy atom. The van der Waals surface area contributed by atoms with E-state index in [2.05, 4.69) is 18.8 Å². The van der Waals surface area contributed by atoms with Crippen LogP contribution >= 0.6 is 11.8 Å². The first kappa shape index (κ1) is 17.1. The van der Waals surface area contributed by atoms with Crippen LogP contribution in [0.1, 0.15) is 19.4 Å². The van der Waals surface area contributed by atoms with Gasteiger partial charge in [-0.15, -0.1) is 11.8 Å². The molecule has 1 aromatic carbocycles. The minimum absolute atomic E-state index is 0.0683. The molecule has 0 unspecified atom stereocenters. The molecule has 5 nitrogen and oxygen atoms in total. The van der Waals surface area contributed by atoms with Gasteiger partial charge in [-0.25, -0.2) is 0 Å². The fourth-order valence-corrected chi connectivity index (χ4v) is 3.16. The largest absolute Gasteiger partial charge is 0.507 e. The number of hydrogen-bond donors (Lipinski definition) is 1. The molecule has 122 valence electrons. The first-order valence-electron chi connectivity index (χ1n) is 7.27. The number of methoxy groups -OCH3 is 1. The maximum Gasteiger partial charge on any atom is 0.129 e. The second-order valence-corrected chi connectivity index (χ2v) is 6.61. The van der Waals surface area contributed by atoms with Crippen molar-refractivity contribution in [1.82, 2.24) is 0 Å². The smallest absolute Gasteiger partial charge is 0.129 e. The van der Waals surface area contributed by atoms with Gasteiger partial charge in [-0.05, 0) is 26.0 Å².